The molecule has 2 heterocycles. The van der Waals surface area contributed by atoms with E-state index >= 15 is 0 Å². The summed E-state index contributed by atoms with van der Waals surface area (Å²) >= 11 is 0. The van der Waals surface area contributed by atoms with Crippen molar-refractivity contribution in [2.75, 3.05) is 26.7 Å². The number of nitrogens with zero attached hydrogens (tertiary/aromatic N) is 1. The predicted octanol–water partition coefficient (Wildman–Crippen LogP) is 0.546. The van der Waals surface area contributed by atoms with Crippen molar-refractivity contribution < 1.29 is 0 Å². The summed E-state index contributed by atoms with van der Waals surface area (Å²) in [5.41, 5.74) is 0. The van der Waals surface area contributed by atoms with Crippen LogP contribution < -0.4 is 5.32 Å². The maximum Gasteiger partial charge on any atom is 0.0146 e. The van der Waals surface area contributed by atoms with Gasteiger partial charge in [-0.3, -0.25) is 0 Å². The summed E-state index contributed by atoms with van der Waals surface area (Å²) in [6, 6.07) is 0.833. The first-order valence-electron chi connectivity index (χ1n) is 4.69. The average molecular weight is 154 g/mol. The number of hydrogen-bond acceptors (Lipinski definition) is 2. The summed E-state index contributed by atoms with van der Waals surface area (Å²) < 4.78 is 0. The maximum atomic E-state index is 3.53. The molecule has 2 rings (SSSR count). The summed E-state index contributed by atoms with van der Waals surface area (Å²) in [5.74, 6) is 1.86. The Labute approximate surface area is 69.0 Å². The van der Waals surface area contributed by atoms with Crippen molar-refractivity contribution in [1.82, 2.24) is 10.2 Å². The molecule has 0 amide bonds. The minimum absolute atomic E-state index is 0.833. The van der Waals surface area contributed by atoms with Gasteiger partial charge in [-0.05, 0) is 38.4 Å². The van der Waals surface area contributed by atoms with Crippen molar-refractivity contribution in [3.05, 3.63) is 0 Å². The van der Waals surface area contributed by atoms with Gasteiger partial charge in [0.25, 0.3) is 0 Å². The maximum absolute atomic E-state index is 3.53. The molecule has 0 bridgehead atoms. The zero-order chi connectivity index (χ0) is 7.84. The lowest BCUT2D eigenvalue weighted by Crippen LogP contribution is -2.55. The van der Waals surface area contributed by atoms with Gasteiger partial charge in [0.1, 0.15) is 0 Å². The van der Waals surface area contributed by atoms with Crippen LogP contribution in [0.5, 0.6) is 0 Å². The Kier molecular flexibility index (Phi) is 1.90. The fourth-order valence-electron chi connectivity index (χ4n) is 2.38. The van der Waals surface area contributed by atoms with Crippen molar-refractivity contribution in [3.8, 4) is 0 Å². The van der Waals surface area contributed by atoms with Gasteiger partial charge in [-0.1, -0.05) is 6.92 Å². The van der Waals surface area contributed by atoms with E-state index in [-0.39, 0.29) is 0 Å². The van der Waals surface area contributed by atoms with Crippen LogP contribution in [0.4, 0.5) is 0 Å². The fourth-order valence-corrected chi connectivity index (χ4v) is 2.38. The molecule has 2 nitrogen and oxygen atoms in total. The van der Waals surface area contributed by atoms with Gasteiger partial charge in [-0.25, -0.2) is 0 Å². The molecule has 2 aliphatic heterocycles. The largest absolute Gasteiger partial charge is 0.313 e. The molecule has 0 aromatic rings. The van der Waals surface area contributed by atoms with Gasteiger partial charge in [-0.15, -0.1) is 0 Å². The number of rotatable bonds is 1. The van der Waals surface area contributed by atoms with Crippen molar-refractivity contribution in [2.45, 2.75) is 19.4 Å². The molecule has 1 N–H and O–H groups in total. The SMILES string of the molecule is CC1CNC1C1CCN(C)C1. The standard InChI is InChI=1S/C9H18N2/c1-7-5-10-9(7)8-3-4-11(2)6-8/h7-10H,3-6H2,1-2H3. The van der Waals surface area contributed by atoms with Crippen molar-refractivity contribution in [1.29, 1.82) is 0 Å². The van der Waals surface area contributed by atoms with Gasteiger partial charge >= 0.3 is 0 Å². The molecule has 3 atom stereocenters. The average Bonchev–Trinajstić information content (AvgIpc) is 2.33. The van der Waals surface area contributed by atoms with Crippen LogP contribution in [0.25, 0.3) is 0 Å². The van der Waals surface area contributed by atoms with Gasteiger partial charge in [0.05, 0.1) is 0 Å². The fraction of sp³-hybridized carbons (Fsp3) is 1.00. The van der Waals surface area contributed by atoms with Crippen LogP contribution in [-0.4, -0.2) is 37.6 Å². The highest BCUT2D eigenvalue weighted by atomic mass is 15.1. The van der Waals surface area contributed by atoms with Crippen LogP contribution in [0.1, 0.15) is 13.3 Å². The molecule has 2 heteroatoms. The first kappa shape index (κ1) is 7.56. The van der Waals surface area contributed by atoms with E-state index in [9.17, 15) is 0 Å². The Balaban J connectivity index is 1.86. The van der Waals surface area contributed by atoms with Gasteiger partial charge in [0, 0.05) is 12.6 Å². The lowest BCUT2D eigenvalue weighted by atomic mass is 9.83. The zero-order valence-corrected chi connectivity index (χ0v) is 7.51. The number of likely N-dealkylation sites (tertiary alicyclic amines) is 1. The normalized spacial score (nSPS) is 45.8. The molecule has 0 aromatic carbocycles. The summed E-state index contributed by atoms with van der Waals surface area (Å²) in [6.45, 7) is 6.21. The van der Waals surface area contributed by atoms with E-state index in [1.807, 2.05) is 0 Å². The molecule has 2 saturated heterocycles. The molecule has 0 aromatic heterocycles. The Morgan fingerprint density at radius 2 is 2.27 bits per heavy atom. The van der Waals surface area contributed by atoms with Crippen LogP contribution in [0, 0.1) is 11.8 Å². The van der Waals surface area contributed by atoms with Gasteiger partial charge in [0.15, 0.2) is 0 Å². The first-order valence-corrected chi connectivity index (χ1v) is 4.69. The Morgan fingerprint density at radius 1 is 1.45 bits per heavy atom. The van der Waals surface area contributed by atoms with Crippen LogP contribution in [0.2, 0.25) is 0 Å². The third kappa shape index (κ3) is 1.30. The van der Waals surface area contributed by atoms with E-state index in [2.05, 4.69) is 24.2 Å². The van der Waals surface area contributed by atoms with E-state index in [1.165, 1.54) is 26.1 Å². The van der Waals surface area contributed by atoms with Crippen molar-refractivity contribution in [2.24, 2.45) is 11.8 Å². The van der Waals surface area contributed by atoms with Gasteiger partial charge in [-0.2, -0.15) is 0 Å². The smallest absolute Gasteiger partial charge is 0.0146 e. The molecule has 2 fully saturated rings. The Bertz CT molecular complexity index is 146. The van der Waals surface area contributed by atoms with E-state index in [4.69, 9.17) is 0 Å². The second-order valence-corrected chi connectivity index (χ2v) is 4.22. The molecular formula is C9H18N2. The van der Waals surface area contributed by atoms with Crippen molar-refractivity contribution in [3.63, 3.8) is 0 Å². The highest BCUT2D eigenvalue weighted by molar-refractivity contribution is 4.93. The van der Waals surface area contributed by atoms with Crippen LogP contribution in [0.3, 0.4) is 0 Å². The van der Waals surface area contributed by atoms with Crippen LogP contribution >= 0.6 is 0 Å². The van der Waals surface area contributed by atoms with E-state index in [0.717, 1.165) is 17.9 Å². The number of nitrogens with one attached hydrogen (secondary N) is 1. The second kappa shape index (κ2) is 2.76. The molecule has 0 saturated carbocycles. The quantitative estimate of drug-likeness (QED) is 0.593. The van der Waals surface area contributed by atoms with E-state index in [1.54, 1.807) is 0 Å². The minimum atomic E-state index is 0.833. The van der Waals surface area contributed by atoms with Crippen molar-refractivity contribution >= 4 is 0 Å². The molecule has 0 spiro atoms. The van der Waals surface area contributed by atoms with E-state index < -0.39 is 0 Å². The lowest BCUT2D eigenvalue weighted by Gasteiger charge is -2.39. The molecule has 0 aliphatic carbocycles. The van der Waals surface area contributed by atoms with Gasteiger partial charge < -0.3 is 10.2 Å². The number of hydrogen-bond donors (Lipinski definition) is 1. The molecular weight excluding hydrogens is 136 g/mol. The summed E-state index contributed by atoms with van der Waals surface area (Å²) in [5, 5.41) is 3.53. The lowest BCUT2D eigenvalue weighted by molar-refractivity contribution is 0.178. The topological polar surface area (TPSA) is 15.3 Å². The van der Waals surface area contributed by atoms with Crippen LogP contribution in [-0.2, 0) is 0 Å². The predicted molar refractivity (Wildman–Crippen MR) is 46.6 cm³/mol. The zero-order valence-electron chi connectivity index (χ0n) is 7.51. The summed E-state index contributed by atoms with van der Waals surface area (Å²) in [4.78, 5) is 2.44. The summed E-state index contributed by atoms with van der Waals surface area (Å²) in [7, 11) is 2.23. The second-order valence-electron chi connectivity index (χ2n) is 4.22. The molecule has 11 heavy (non-hydrogen) atoms. The highest BCUT2D eigenvalue weighted by Gasteiger charge is 2.36. The third-order valence-corrected chi connectivity index (χ3v) is 3.22. The first-order chi connectivity index (χ1) is 5.27. The van der Waals surface area contributed by atoms with E-state index in [0.29, 0.717) is 0 Å². The molecule has 0 radical (unpaired) electrons. The monoisotopic (exact) mass is 154 g/mol. The molecule has 3 unspecified atom stereocenters. The van der Waals surface area contributed by atoms with Crippen LogP contribution in [0.15, 0.2) is 0 Å². The summed E-state index contributed by atoms with van der Waals surface area (Å²) in [6.07, 6.45) is 1.40. The highest BCUT2D eigenvalue weighted by Crippen LogP contribution is 2.27. The Morgan fingerprint density at radius 3 is 2.64 bits per heavy atom. The molecule has 2 aliphatic rings. The van der Waals surface area contributed by atoms with Gasteiger partial charge in [0.2, 0.25) is 0 Å². The minimum Gasteiger partial charge on any atom is -0.313 e. The molecule has 64 valence electrons. The Hall–Kier alpha value is -0.0800. The third-order valence-electron chi connectivity index (χ3n) is 3.22.